The molecule has 3 rings (SSSR count). The van der Waals surface area contributed by atoms with Crippen molar-refractivity contribution in [2.24, 2.45) is 11.8 Å². The summed E-state index contributed by atoms with van der Waals surface area (Å²) >= 11 is 0. The van der Waals surface area contributed by atoms with Gasteiger partial charge in [-0.1, -0.05) is 37.3 Å². The minimum absolute atomic E-state index is 0.0411. The monoisotopic (exact) mass is 290 g/mol. The Morgan fingerprint density at radius 3 is 2.76 bits per heavy atom. The molecule has 0 spiro atoms. The van der Waals surface area contributed by atoms with Crippen molar-refractivity contribution in [3.8, 4) is 0 Å². The molecule has 0 amide bonds. The molecule has 1 unspecified atom stereocenters. The van der Waals surface area contributed by atoms with Gasteiger partial charge in [0.25, 0.3) is 0 Å². The molecule has 1 aliphatic carbocycles. The Morgan fingerprint density at radius 1 is 1.33 bits per heavy atom. The first-order valence-electron chi connectivity index (χ1n) is 7.68. The van der Waals surface area contributed by atoms with Gasteiger partial charge < -0.3 is 14.2 Å². The van der Waals surface area contributed by atoms with Crippen LogP contribution < -0.4 is 0 Å². The fourth-order valence-corrected chi connectivity index (χ4v) is 3.61. The zero-order valence-electron chi connectivity index (χ0n) is 12.5. The molecule has 1 aromatic carbocycles. The lowest BCUT2D eigenvalue weighted by molar-refractivity contribution is -0.238. The summed E-state index contributed by atoms with van der Waals surface area (Å²) in [6.45, 7) is 4.27. The molecular formula is C17H22O4. The maximum absolute atomic E-state index is 11.3. The van der Waals surface area contributed by atoms with Gasteiger partial charge in [-0.2, -0.15) is 0 Å². The van der Waals surface area contributed by atoms with Crippen molar-refractivity contribution >= 4 is 5.97 Å². The summed E-state index contributed by atoms with van der Waals surface area (Å²) in [5.74, 6) is 0.438. The molecule has 1 saturated carbocycles. The molecule has 1 aromatic rings. The average molecular weight is 290 g/mol. The highest BCUT2D eigenvalue weighted by Crippen LogP contribution is 2.44. The third-order valence-corrected chi connectivity index (χ3v) is 4.57. The van der Waals surface area contributed by atoms with Gasteiger partial charge in [0.2, 0.25) is 0 Å². The molecule has 21 heavy (non-hydrogen) atoms. The van der Waals surface area contributed by atoms with E-state index in [1.165, 1.54) is 6.92 Å². The third kappa shape index (κ3) is 2.97. The molecule has 0 aromatic heterocycles. The van der Waals surface area contributed by atoms with Crippen molar-refractivity contribution in [3.05, 3.63) is 35.9 Å². The number of benzene rings is 1. The number of carbonyl (C=O) groups excluding carboxylic acids is 1. The van der Waals surface area contributed by atoms with E-state index in [2.05, 4.69) is 6.92 Å². The first kappa shape index (κ1) is 14.5. The zero-order chi connectivity index (χ0) is 14.8. The smallest absolute Gasteiger partial charge is 0.302 e. The van der Waals surface area contributed by atoms with E-state index in [1.807, 2.05) is 30.3 Å². The summed E-state index contributed by atoms with van der Waals surface area (Å²) in [7, 11) is 0. The normalized spacial score (nSPS) is 35.2. The summed E-state index contributed by atoms with van der Waals surface area (Å²) in [6.07, 6.45) is 1.51. The Labute approximate surface area is 125 Å². The van der Waals surface area contributed by atoms with Gasteiger partial charge in [0.15, 0.2) is 6.29 Å². The second kappa shape index (κ2) is 6.16. The van der Waals surface area contributed by atoms with Crippen LogP contribution in [0.4, 0.5) is 0 Å². The van der Waals surface area contributed by atoms with Crippen LogP contribution in [-0.2, 0) is 19.0 Å². The lowest BCUT2D eigenvalue weighted by atomic mass is 9.91. The number of rotatable bonds is 3. The molecular weight excluding hydrogens is 268 g/mol. The maximum Gasteiger partial charge on any atom is 0.302 e. The van der Waals surface area contributed by atoms with Crippen molar-refractivity contribution < 1.29 is 19.0 Å². The van der Waals surface area contributed by atoms with Crippen LogP contribution in [0.2, 0.25) is 0 Å². The van der Waals surface area contributed by atoms with Crippen LogP contribution in [0.5, 0.6) is 0 Å². The number of hydrogen-bond acceptors (Lipinski definition) is 4. The maximum atomic E-state index is 11.3. The van der Waals surface area contributed by atoms with Gasteiger partial charge in [0.1, 0.15) is 6.10 Å². The van der Waals surface area contributed by atoms with Gasteiger partial charge in [-0.3, -0.25) is 4.79 Å². The molecule has 4 heteroatoms. The van der Waals surface area contributed by atoms with E-state index < -0.39 is 0 Å². The lowest BCUT2D eigenvalue weighted by Gasteiger charge is -2.34. The van der Waals surface area contributed by atoms with Gasteiger partial charge in [0, 0.05) is 30.7 Å². The van der Waals surface area contributed by atoms with Crippen LogP contribution in [-0.4, -0.2) is 24.8 Å². The molecule has 0 radical (unpaired) electrons. The van der Waals surface area contributed by atoms with Crippen molar-refractivity contribution in [3.63, 3.8) is 0 Å². The highest BCUT2D eigenvalue weighted by molar-refractivity contribution is 5.66. The standard InChI is InChI=1S/C17H22O4/c1-3-13-14-10-19-17(12-7-5-4-6-8-12)21-16(14)9-15(13)20-11(2)18/h4-8,13-17H,3,9-10H2,1-2H3/t13-,14-,15+,16-,17?/m0/s1. The average Bonchev–Trinajstić information content (AvgIpc) is 2.83. The zero-order valence-corrected chi connectivity index (χ0v) is 12.5. The summed E-state index contributed by atoms with van der Waals surface area (Å²) < 4.78 is 17.5. The van der Waals surface area contributed by atoms with Gasteiger partial charge in [-0.05, 0) is 6.42 Å². The second-order valence-electron chi connectivity index (χ2n) is 5.87. The molecule has 1 aliphatic heterocycles. The highest BCUT2D eigenvalue weighted by Gasteiger charge is 2.48. The molecule has 114 valence electrons. The molecule has 1 heterocycles. The fraction of sp³-hybridized carbons (Fsp3) is 0.588. The minimum Gasteiger partial charge on any atom is -0.462 e. The summed E-state index contributed by atoms with van der Waals surface area (Å²) in [5, 5.41) is 0. The quantitative estimate of drug-likeness (QED) is 0.803. The number of carbonyl (C=O) groups is 1. The number of fused-ring (bicyclic) bond motifs is 1. The van der Waals surface area contributed by atoms with E-state index in [1.54, 1.807) is 0 Å². The van der Waals surface area contributed by atoms with E-state index >= 15 is 0 Å². The largest absolute Gasteiger partial charge is 0.462 e. The Kier molecular flexibility index (Phi) is 4.27. The van der Waals surface area contributed by atoms with Gasteiger partial charge in [-0.15, -0.1) is 0 Å². The van der Waals surface area contributed by atoms with Crippen molar-refractivity contribution in [1.29, 1.82) is 0 Å². The van der Waals surface area contributed by atoms with Crippen molar-refractivity contribution in [2.75, 3.05) is 6.61 Å². The van der Waals surface area contributed by atoms with Gasteiger partial charge >= 0.3 is 5.97 Å². The fourth-order valence-electron chi connectivity index (χ4n) is 3.61. The second-order valence-corrected chi connectivity index (χ2v) is 5.87. The van der Waals surface area contributed by atoms with E-state index in [0.717, 1.165) is 18.4 Å². The molecule has 0 bridgehead atoms. The van der Waals surface area contributed by atoms with Crippen LogP contribution in [0.25, 0.3) is 0 Å². The summed E-state index contributed by atoms with van der Waals surface area (Å²) in [5.41, 5.74) is 1.04. The predicted molar refractivity (Wildman–Crippen MR) is 77.5 cm³/mol. The first-order valence-corrected chi connectivity index (χ1v) is 7.68. The summed E-state index contributed by atoms with van der Waals surface area (Å²) in [4.78, 5) is 11.3. The van der Waals surface area contributed by atoms with Crippen LogP contribution in [0.15, 0.2) is 30.3 Å². The Morgan fingerprint density at radius 2 is 2.10 bits per heavy atom. The van der Waals surface area contributed by atoms with Gasteiger partial charge in [0.05, 0.1) is 12.7 Å². The Balaban J connectivity index is 1.71. The Bertz CT molecular complexity index is 487. The van der Waals surface area contributed by atoms with Crippen LogP contribution in [0, 0.1) is 11.8 Å². The molecule has 5 atom stereocenters. The Hall–Kier alpha value is -1.39. The first-order chi connectivity index (χ1) is 10.2. The minimum atomic E-state index is -0.305. The van der Waals surface area contributed by atoms with Crippen LogP contribution in [0.3, 0.4) is 0 Å². The van der Waals surface area contributed by atoms with Crippen LogP contribution in [0.1, 0.15) is 38.5 Å². The number of hydrogen-bond donors (Lipinski definition) is 0. The van der Waals surface area contributed by atoms with E-state index in [4.69, 9.17) is 14.2 Å². The van der Waals surface area contributed by atoms with Crippen LogP contribution >= 0.6 is 0 Å². The number of esters is 1. The predicted octanol–water partition coefficient (Wildman–Crippen LogP) is 3.08. The molecule has 0 N–H and O–H groups in total. The summed E-state index contributed by atoms with van der Waals surface area (Å²) in [6, 6.07) is 9.98. The topological polar surface area (TPSA) is 44.8 Å². The number of ether oxygens (including phenoxy) is 3. The van der Waals surface area contributed by atoms with E-state index in [-0.39, 0.29) is 24.5 Å². The van der Waals surface area contributed by atoms with E-state index in [9.17, 15) is 4.79 Å². The molecule has 1 saturated heterocycles. The highest BCUT2D eigenvalue weighted by atomic mass is 16.7. The van der Waals surface area contributed by atoms with Gasteiger partial charge in [-0.25, -0.2) is 0 Å². The third-order valence-electron chi connectivity index (χ3n) is 4.57. The molecule has 4 nitrogen and oxygen atoms in total. The molecule has 2 fully saturated rings. The van der Waals surface area contributed by atoms with Crippen molar-refractivity contribution in [2.45, 2.75) is 45.2 Å². The van der Waals surface area contributed by atoms with Crippen molar-refractivity contribution in [1.82, 2.24) is 0 Å². The van der Waals surface area contributed by atoms with E-state index in [0.29, 0.717) is 18.4 Å². The lowest BCUT2D eigenvalue weighted by Crippen LogP contribution is -2.35. The SMILES string of the molecule is CC[C@H]1[C@@H]2COC(c3ccccc3)O[C@H]2C[C@H]1OC(C)=O. The molecule has 2 aliphatic rings.